The molecule has 0 atom stereocenters. The number of unbranched alkanes of at least 4 members (excludes halogenated alkanes) is 1. The van der Waals surface area contributed by atoms with Crippen LogP contribution in [-0.2, 0) is 6.42 Å². The maximum atomic E-state index is 12.6. The van der Waals surface area contributed by atoms with Gasteiger partial charge in [-0.25, -0.2) is 0 Å². The molecule has 20 heavy (non-hydrogen) atoms. The fourth-order valence-corrected chi connectivity index (χ4v) is 2.90. The Morgan fingerprint density at radius 1 is 1.30 bits per heavy atom. The van der Waals surface area contributed by atoms with Crippen molar-refractivity contribution in [3.05, 3.63) is 22.5 Å². The Balaban J connectivity index is 2.28. The van der Waals surface area contributed by atoms with Gasteiger partial charge in [0.25, 0.3) is 5.91 Å². The number of rotatable bonds is 5. The lowest BCUT2D eigenvalue weighted by atomic mass is 9.94. The zero-order valence-corrected chi connectivity index (χ0v) is 12.7. The summed E-state index contributed by atoms with van der Waals surface area (Å²) in [5.41, 5.74) is 3.17. The molecule has 1 heterocycles. The molecule has 0 saturated heterocycles. The molecule has 0 bridgehead atoms. The predicted molar refractivity (Wildman–Crippen MR) is 79.3 cm³/mol. The fourth-order valence-electron chi connectivity index (χ4n) is 2.90. The van der Waals surface area contributed by atoms with Crippen molar-refractivity contribution in [2.75, 3.05) is 13.1 Å². The lowest BCUT2D eigenvalue weighted by Gasteiger charge is -2.20. The number of ketones is 1. The first kappa shape index (κ1) is 14.8. The number of aromatic amines is 1. The second-order valence-electron chi connectivity index (χ2n) is 5.49. The van der Waals surface area contributed by atoms with E-state index >= 15 is 0 Å². The quantitative estimate of drug-likeness (QED) is 0.898. The van der Waals surface area contributed by atoms with Crippen LogP contribution in [0.2, 0.25) is 0 Å². The van der Waals surface area contributed by atoms with Crippen molar-refractivity contribution in [2.45, 2.75) is 52.9 Å². The van der Waals surface area contributed by atoms with E-state index < -0.39 is 0 Å². The summed E-state index contributed by atoms with van der Waals surface area (Å²) in [6.45, 7) is 7.49. The molecule has 0 aromatic carbocycles. The van der Waals surface area contributed by atoms with Crippen LogP contribution in [0.15, 0.2) is 0 Å². The molecule has 1 aromatic rings. The Labute approximate surface area is 120 Å². The van der Waals surface area contributed by atoms with E-state index in [0.29, 0.717) is 18.7 Å². The smallest absolute Gasteiger partial charge is 0.270 e. The van der Waals surface area contributed by atoms with Crippen molar-refractivity contribution in [3.63, 3.8) is 0 Å². The topological polar surface area (TPSA) is 53.2 Å². The third-order valence-electron chi connectivity index (χ3n) is 4.10. The number of Topliss-reactive ketones (excluding diaryl/α,β-unsaturated/α-hetero) is 1. The standard InChI is InChI=1S/C16H24N2O2/c1-4-6-10-18(5-2)16(20)15-11(3)14-12(17-15)8-7-9-13(14)19/h17H,4-10H2,1-3H3. The number of carbonyl (C=O) groups excluding carboxylic acids is 2. The van der Waals surface area contributed by atoms with Crippen LogP contribution in [0, 0.1) is 6.92 Å². The van der Waals surface area contributed by atoms with Crippen LogP contribution in [0.25, 0.3) is 0 Å². The van der Waals surface area contributed by atoms with Crippen molar-refractivity contribution in [1.82, 2.24) is 9.88 Å². The predicted octanol–water partition coefficient (Wildman–Crippen LogP) is 3.10. The minimum Gasteiger partial charge on any atom is -0.354 e. The first-order valence-corrected chi connectivity index (χ1v) is 7.64. The monoisotopic (exact) mass is 276 g/mol. The highest BCUT2D eigenvalue weighted by molar-refractivity contribution is 6.04. The minimum atomic E-state index is 0.0284. The molecule has 0 aliphatic heterocycles. The number of aromatic nitrogens is 1. The number of nitrogens with zero attached hydrogens (tertiary/aromatic N) is 1. The summed E-state index contributed by atoms with van der Waals surface area (Å²) in [6, 6.07) is 0. The van der Waals surface area contributed by atoms with Crippen molar-refractivity contribution >= 4 is 11.7 Å². The zero-order valence-electron chi connectivity index (χ0n) is 12.7. The molecule has 1 N–H and O–H groups in total. The van der Waals surface area contributed by atoms with E-state index in [4.69, 9.17) is 0 Å². The number of nitrogens with one attached hydrogen (secondary N) is 1. The first-order chi connectivity index (χ1) is 9.60. The number of aryl methyl sites for hydroxylation is 1. The van der Waals surface area contributed by atoms with Gasteiger partial charge in [0.15, 0.2) is 5.78 Å². The highest BCUT2D eigenvalue weighted by atomic mass is 16.2. The second-order valence-corrected chi connectivity index (χ2v) is 5.49. The Bertz CT molecular complexity index is 517. The molecule has 1 aliphatic rings. The van der Waals surface area contributed by atoms with Gasteiger partial charge in [0, 0.05) is 30.8 Å². The summed E-state index contributed by atoms with van der Waals surface area (Å²) >= 11 is 0. The van der Waals surface area contributed by atoms with E-state index in [1.165, 1.54) is 0 Å². The molecule has 2 rings (SSSR count). The van der Waals surface area contributed by atoms with Crippen molar-refractivity contribution < 1.29 is 9.59 Å². The van der Waals surface area contributed by atoms with Crippen molar-refractivity contribution in [2.24, 2.45) is 0 Å². The van der Waals surface area contributed by atoms with E-state index in [2.05, 4.69) is 11.9 Å². The summed E-state index contributed by atoms with van der Waals surface area (Å²) in [5, 5.41) is 0. The van der Waals surface area contributed by atoms with E-state index in [9.17, 15) is 9.59 Å². The van der Waals surface area contributed by atoms with Crippen LogP contribution < -0.4 is 0 Å². The average Bonchev–Trinajstić information content (AvgIpc) is 2.78. The van der Waals surface area contributed by atoms with Gasteiger partial charge in [0.05, 0.1) is 0 Å². The van der Waals surface area contributed by atoms with E-state index in [0.717, 1.165) is 49.0 Å². The van der Waals surface area contributed by atoms with Crippen molar-refractivity contribution in [1.29, 1.82) is 0 Å². The van der Waals surface area contributed by atoms with Gasteiger partial charge in [-0.15, -0.1) is 0 Å². The lowest BCUT2D eigenvalue weighted by Crippen LogP contribution is -2.32. The fraction of sp³-hybridized carbons (Fsp3) is 0.625. The van der Waals surface area contributed by atoms with Gasteiger partial charge in [-0.2, -0.15) is 0 Å². The molecule has 1 aromatic heterocycles. The molecule has 0 fully saturated rings. The maximum absolute atomic E-state index is 12.6. The summed E-state index contributed by atoms with van der Waals surface area (Å²) in [6.07, 6.45) is 4.44. The maximum Gasteiger partial charge on any atom is 0.270 e. The molecule has 0 saturated carbocycles. The third kappa shape index (κ3) is 2.65. The Morgan fingerprint density at radius 3 is 2.65 bits per heavy atom. The van der Waals surface area contributed by atoms with Crippen LogP contribution >= 0.6 is 0 Å². The van der Waals surface area contributed by atoms with Crippen LogP contribution in [0.3, 0.4) is 0 Å². The van der Waals surface area contributed by atoms with E-state index in [1.54, 1.807) is 0 Å². The summed E-state index contributed by atoms with van der Waals surface area (Å²) in [7, 11) is 0. The number of fused-ring (bicyclic) bond motifs is 1. The van der Waals surface area contributed by atoms with Gasteiger partial charge >= 0.3 is 0 Å². The lowest BCUT2D eigenvalue weighted by molar-refractivity contribution is 0.0756. The summed E-state index contributed by atoms with van der Waals surface area (Å²) in [4.78, 5) is 29.7. The summed E-state index contributed by atoms with van der Waals surface area (Å²) < 4.78 is 0. The Hall–Kier alpha value is -1.58. The highest BCUT2D eigenvalue weighted by Gasteiger charge is 2.27. The zero-order chi connectivity index (χ0) is 14.7. The van der Waals surface area contributed by atoms with Crippen LogP contribution in [0.5, 0.6) is 0 Å². The minimum absolute atomic E-state index is 0.0284. The molecule has 1 amide bonds. The Kier molecular flexibility index (Phi) is 4.63. The molecule has 110 valence electrons. The Morgan fingerprint density at radius 2 is 2.05 bits per heavy atom. The summed E-state index contributed by atoms with van der Waals surface area (Å²) in [5.74, 6) is 0.205. The van der Waals surface area contributed by atoms with Gasteiger partial charge in [-0.3, -0.25) is 9.59 Å². The molecule has 4 nitrogen and oxygen atoms in total. The first-order valence-electron chi connectivity index (χ1n) is 7.64. The third-order valence-corrected chi connectivity index (χ3v) is 4.10. The second kappa shape index (κ2) is 6.25. The van der Waals surface area contributed by atoms with Crippen LogP contribution in [-0.4, -0.2) is 34.7 Å². The van der Waals surface area contributed by atoms with Gasteiger partial charge < -0.3 is 9.88 Å². The highest BCUT2D eigenvalue weighted by Crippen LogP contribution is 2.27. The molecule has 0 unspecified atom stereocenters. The van der Waals surface area contributed by atoms with Crippen LogP contribution in [0.4, 0.5) is 0 Å². The number of H-pyrrole nitrogens is 1. The number of hydrogen-bond acceptors (Lipinski definition) is 2. The SMILES string of the molecule is CCCCN(CC)C(=O)c1[nH]c2c(c1C)C(=O)CCC2. The molecule has 0 radical (unpaired) electrons. The van der Waals surface area contributed by atoms with Gasteiger partial charge in [0.2, 0.25) is 0 Å². The number of amides is 1. The van der Waals surface area contributed by atoms with Gasteiger partial charge in [-0.05, 0) is 38.7 Å². The van der Waals surface area contributed by atoms with Crippen LogP contribution in [0.1, 0.15) is 71.6 Å². The molecule has 1 aliphatic carbocycles. The van der Waals surface area contributed by atoms with Gasteiger partial charge in [0.1, 0.15) is 5.69 Å². The molecule has 0 spiro atoms. The van der Waals surface area contributed by atoms with E-state index in [1.807, 2.05) is 18.7 Å². The average molecular weight is 276 g/mol. The normalized spacial score (nSPS) is 14.2. The van der Waals surface area contributed by atoms with E-state index in [-0.39, 0.29) is 11.7 Å². The largest absolute Gasteiger partial charge is 0.354 e. The van der Waals surface area contributed by atoms with Gasteiger partial charge in [-0.1, -0.05) is 13.3 Å². The molecular weight excluding hydrogens is 252 g/mol. The number of carbonyl (C=O) groups is 2. The molecular formula is C16H24N2O2. The number of hydrogen-bond donors (Lipinski definition) is 1. The molecule has 4 heteroatoms. The van der Waals surface area contributed by atoms with Crippen molar-refractivity contribution in [3.8, 4) is 0 Å².